The lowest BCUT2D eigenvalue weighted by atomic mass is 9.96. The largest absolute Gasteiger partial charge is 0.378 e. The predicted molar refractivity (Wildman–Crippen MR) is 150 cm³/mol. The average molecular weight is 510 g/mol. The predicted octanol–water partition coefficient (Wildman–Crippen LogP) is 4.46. The zero-order valence-electron chi connectivity index (χ0n) is 21.2. The van der Waals surface area contributed by atoms with Crippen LogP contribution in [-0.2, 0) is 9.53 Å². The van der Waals surface area contributed by atoms with Crippen molar-refractivity contribution in [2.24, 2.45) is 5.92 Å². The van der Waals surface area contributed by atoms with Crippen LogP contribution in [0.5, 0.6) is 0 Å². The van der Waals surface area contributed by atoms with Crippen molar-refractivity contribution in [2.45, 2.75) is 12.8 Å². The van der Waals surface area contributed by atoms with Crippen LogP contribution in [0.15, 0.2) is 72.9 Å². The Labute approximate surface area is 221 Å². The third-order valence-electron chi connectivity index (χ3n) is 7.23. The fourth-order valence-corrected chi connectivity index (χ4v) is 5.05. The summed E-state index contributed by atoms with van der Waals surface area (Å²) in [5.41, 5.74) is 3.90. The summed E-state index contributed by atoms with van der Waals surface area (Å²) in [5.74, 6) is 1.59. The highest BCUT2D eigenvalue weighted by molar-refractivity contribution is 5.93. The van der Waals surface area contributed by atoms with Crippen molar-refractivity contribution in [1.29, 1.82) is 0 Å². The van der Waals surface area contributed by atoms with Crippen molar-refractivity contribution in [3.63, 3.8) is 0 Å². The highest BCUT2D eigenvalue weighted by Gasteiger charge is 2.26. The van der Waals surface area contributed by atoms with E-state index in [1.807, 2.05) is 54.6 Å². The summed E-state index contributed by atoms with van der Waals surface area (Å²) in [6.07, 6.45) is 3.36. The molecular formula is C29H31N7O2. The molecule has 9 nitrogen and oxygen atoms in total. The molecule has 0 atom stereocenters. The first-order valence-corrected chi connectivity index (χ1v) is 13.2. The first kappa shape index (κ1) is 24.1. The van der Waals surface area contributed by atoms with E-state index in [9.17, 15) is 4.79 Å². The van der Waals surface area contributed by atoms with Gasteiger partial charge in [0.25, 0.3) is 0 Å². The van der Waals surface area contributed by atoms with Gasteiger partial charge >= 0.3 is 0 Å². The molecule has 2 saturated heterocycles. The normalized spacial score (nSPS) is 16.4. The molecule has 2 aromatic heterocycles. The van der Waals surface area contributed by atoms with Crippen LogP contribution in [0.1, 0.15) is 12.8 Å². The number of ether oxygens (including phenoxy) is 1. The molecule has 4 heterocycles. The molecule has 6 rings (SSSR count). The molecule has 0 spiro atoms. The molecule has 2 aliphatic heterocycles. The van der Waals surface area contributed by atoms with E-state index >= 15 is 0 Å². The molecule has 38 heavy (non-hydrogen) atoms. The van der Waals surface area contributed by atoms with Crippen molar-refractivity contribution in [2.75, 3.05) is 59.8 Å². The number of aromatic nitrogens is 3. The van der Waals surface area contributed by atoms with Crippen molar-refractivity contribution in [3.8, 4) is 0 Å². The third kappa shape index (κ3) is 5.52. The molecule has 0 bridgehead atoms. The number of hydrogen-bond donors (Lipinski definition) is 2. The lowest BCUT2D eigenvalue weighted by Crippen LogP contribution is -2.38. The van der Waals surface area contributed by atoms with E-state index in [1.54, 1.807) is 6.20 Å². The van der Waals surface area contributed by atoms with E-state index in [1.165, 1.54) is 0 Å². The number of piperidine rings is 1. The third-order valence-corrected chi connectivity index (χ3v) is 7.23. The van der Waals surface area contributed by atoms with E-state index in [-0.39, 0.29) is 11.8 Å². The van der Waals surface area contributed by atoms with E-state index in [0.717, 1.165) is 86.0 Å². The fraction of sp³-hybridized carbons (Fsp3) is 0.310. The zero-order chi connectivity index (χ0) is 25.7. The Morgan fingerprint density at radius 2 is 1.63 bits per heavy atom. The number of nitrogens with zero attached hydrogens (tertiary/aromatic N) is 5. The number of nitrogens with one attached hydrogen (secondary N) is 2. The number of carbonyl (C=O) groups is 1. The summed E-state index contributed by atoms with van der Waals surface area (Å²) in [7, 11) is 0. The van der Waals surface area contributed by atoms with Gasteiger partial charge in [-0.15, -0.1) is 10.2 Å². The molecular weight excluding hydrogens is 478 g/mol. The minimum atomic E-state index is -0.0125. The second kappa shape index (κ2) is 11.0. The van der Waals surface area contributed by atoms with Crippen LogP contribution in [0.4, 0.5) is 28.7 Å². The molecule has 2 N–H and O–H groups in total. The van der Waals surface area contributed by atoms with E-state index in [4.69, 9.17) is 4.74 Å². The van der Waals surface area contributed by atoms with Crippen molar-refractivity contribution in [3.05, 3.63) is 72.9 Å². The van der Waals surface area contributed by atoms with Gasteiger partial charge in [-0.3, -0.25) is 9.78 Å². The summed E-state index contributed by atoms with van der Waals surface area (Å²) >= 11 is 0. The standard InChI is InChI=1S/C29H31N7O2/c37-29(32-23-3-6-25(7-4-23)35-16-18-38-19-17-35)21-11-14-36(15-12-21)28-10-9-27(33-34-28)31-24-5-8-26-22(20-24)2-1-13-30-26/h1-10,13,20-21H,11-12,14-19H2,(H,31,33)(H,32,37). The average Bonchev–Trinajstić information content (AvgIpc) is 2.98. The van der Waals surface area contributed by atoms with Gasteiger partial charge in [-0.1, -0.05) is 6.07 Å². The Morgan fingerprint density at radius 1 is 0.842 bits per heavy atom. The number of morpholine rings is 1. The molecule has 0 aliphatic carbocycles. The lowest BCUT2D eigenvalue weighted by Gasteiger charge is -2.32. The monoisotopic (exact) mass is 509 g/mol. The Kier molecular flexibility index (Phi) is 6.99. The van der Waals surface area contributed by atoms with Gasteiger partial charge in [-0.05, 0) is 73.5 Å². The van der Waals surface area contributed by atoms with Crippen molar-refractivity contribution >= 4 is 45.5 Å². The Morgan fingerprint density at radius 3 is 2.39 bits per heavy atom. The summed E-state index contributed by atoms with van der Waals surface area (Å²) in [6, 6.07) is 22.0. The first-order valence-electron chi connectivity index (χ1n) is 13.2. The van der Waals surface area contributed by atoms with Crippen LogP contribution < -0.4 is 20.4 Å². The highest BCUT2D eigenvalue weighted by Crippen LogP contribution is 2.25. The lowest BCUT2D eigenvalue weighted by molar-refractivity contribution is -0.120. The van der Waals surface area contributed by atoms with Crippen LogP contribution in [0.2, 0.25) is 0 Å². The number of carbonyl (C=O) groups excluding carboxylic acids is 1. The van der Waals surface area contributed by atoms with Gasteiger partial charge < -0.3 is 25.2 Å². The number of hydrogen-bond acceptors (Lipinski definition) is 8. The van der Waals surface area contributed by atoms with Gasteiger partial charge in [0.2, 0.25) is 5.91 Å². The Hall–Kier alpha value is -4.24. The van der Waals surface area contributed by atoms with Gasteiger partial charge in [0.15, 0.2) is 11.6 Å². The minimum absolute atomic E-state index is 0.0125. The van der Waals surface area contributed by atoms with Crippen molar-refractivity contribution in [1.82, 2.24) is 15.2 Å². The maximum absolute atomic E-state index is 12.9. The summed E-state index contributed by atoms with van der Waals surface area (Å²) in [6.45, 7) is 4.85. The summed E-state index contributed by atoms with van der Waals surface area (Å²) in [5, 5.41) is 16.3. The van der Waals surface area contributed by atoms with Gasteiger partial charge in [0.1, 0.15) is 0 Å². The maximum atomic E-state index is 12.9. The number of amides is 1. The van der Waals surface area contributed by atoms with Crippen LogP contribution >= 0.6 is 0 Å². The molecule has 0 radical (unpaired) electrons. The van der Waals surface area contributed by atoms with E-state index in [2.05, 4.69) is 47.7 Å². The summed E-state index contributed by atoms with van der Waals surface area (Å²) < 4.78 is 5.43. The summed E-state index contributed by atoms with van der Waals surface area (Å²) in [4.78, 5) is 21.8. The smallest absolute Gasteiger partial charge is 0.227 e. The highest BCUT2D eigenvalue weighted by atomic mass is 16.5. The van der Waals surface area contributed by atoms with Gasteiger partial charge in [0, 0.05) is 60.7 Å². The van der Waals surface area contributed by atoms with Crippen molar-refractivity contribution < 1.29 is 9.53 Å². The molecule has 2 aliphatic rings. The first-order chi connectivity index (χ1) is 18.7. The fourth-order valence-electron chi connectivity index (χ4n) is 5.05. The van der Waals surface area contributed by atoms with Crippen LogP contribution in [-0.4, -0.2) is 60.5 Å². The Bertz CT molecular complexity index is 1380. The molecule has 2 aromatic carbocycles. The van der Waals surface area contributed by atoms with Gasteiger partial charge in [-0.2, -0.15) is 0 Å². The molecule has 1 amide bonds. The molecule has 2 fully saturated rings. The Balaban J connectivity index is 0.998. The number of anilines is 5. The van der Waals surface area contributed by atoms with E-state index < -0.39 is 0 Å². The topological polar surface area (TPSA) is 95.5 Å². The van der Waals surface area contributed by atoms with Crippen LogP contribution in [0.25, 0.3) is 10.9 Å². The van der Waals surface area contributed by atoms with Gasteiger partial charge in [-0.25, -0.2) is 0 Å². The minimum Gasteiger partial charge on any atom is -0.378 e. The molecule has 4 aromatic rings. The van der Waals surface area contributed by atoms with Crippen LogP contribution in [0, 0.1) is 5.92 Å². The number of rotatable bonds is 6. The zero-order valence-corrected chi connectivity index (χ0v) is 21.2. The SMILES string of the molecule is O=C(Nc1ccc(N2CCOCC2)cc1)C1CCN(c2ccc(Nc3ccc4ncccc4c3)nn2)CC1. The number of benzene rings is 2. The number of fused-ring (bicyclic) bond motifs is 1. The van der Waals surface area contributed by atoms with Crippen LogP contribution in [0.3, 0.4) is 0 Å². The molecule has 0 saturated carbocycles. The second-order valence-corrected chi connectivity index (χ2v) is 9.71. The molecule has 9 heteroatoms. The van der Waals surface area contributed by atoms with Gasteiger partial charge in [0.05, 0.1) is 18.7 Å². The number of pyridine rings is 1. The molecule has 0 unspecified atom stereocenters. The van der Waals surface area contributed by atoms with E-state index in [0.29, 0.717) is 5.82 Å². The second-order valence-electron chi connectivity index (χ2n) is 9.71. The maximum Gasteiger partial charge on any atom is 0.227 e. The quantitative estimate of drug-likeness (QED) is 0.393. The molecule has 194 valence electrons.